The molecule has 8 aromatic carbocycles. The normalized spacial score (nSPS) is 11.7. The Morgan fingerprint density at radius 3 is 1.88 bits per heavy atom. The van der Waals surface area contributed by atoms with Crippen molar-refractivity contribution in [1.82, 2.24) is 0 Å². The molecule has 0 amide bonds. The van der Waals surface area contributed by atoms with E-state index in [2.05, 4.69) is 169 Å². The summed E-state index contributed by atoms with van der Waals surface area (Å²) in [5.74, 6) is 0. The maximum atomic E-state index is 6.41. The Hall–Kier alpha value is -6.16. The number of furan rings is 1. The van der Waals surface area contributed by atoms with Gasteiger partial charge >= 0.3 is 0 Å². The van der Waals surface area contributed by atoms with Crippen LogP contribution in [0.15, 0.2) is 180 Å². The van der Waals surface area contributed by atoms with Crippen LogP contribution in [0.1, 0.15) is 0 Å². The molecule has 0 aliphatic carbocycles. The van der Waals surface area contributed by atoms with Gasteiger partial charge in [-0.15, -0.1) is 11.3 Å². The standard InChI is InChI=1S/C46H29NOS/c1-2-11-31(12-3-1)37-18-9-19-40-41-20-10-21-42(46(41)49-45(37)40)47(34-27-28-39-38-16-6-7-22-43(38)48-44(39)29-34)33-25-23-32(24-26-33)36-17-8-14-30-13-4-5-15-35(30)36/h1-29H. The summed E-state index contributed by atoms with van der Waals surface area (Å²) in [7, 11) is 0. The molecule has 2 aromatic heterocycles. The van der Waals surface area contributed by atoms with Gasteiger partial charge in [0.05, 0.1) is 10.4 Å². The van der Waals surface area contributed by atoms with Crippen LogP contribution in [0.3, 0.4) is 0 Å². The van der Waals surface area contributed by atoms with Crippen molar-refractivity contribution in [2.24, 2.45) is 0 Å². The maximum absolute atomic E-state index is 6.41. The number of benzene rings is 8. The molecule has 0 saturated heterocycles. The van der Waals surface area contributed by atoms with Gasteiger partial charge in [0.25, 0.3) is 0 Å². The molecule has 0 spiro atoms. The number of para-hydroxylation sites is 1. The summed E-state index contributed by atoms with van der Waals surface area (Å²) in [6, 6.07) is 63.1. The Morgan fingerprint density at radius 1 is 0.388 bits per heavy atom. The summed E-state index contributed by atoms with van der Waals surface area (Å²) >= 11 is 1.87. The van der Waals surface area contributed by atoms with Gasteiger partial charge in [0.2, 0.25) is 0 Å². The van der Waals surface area contributed by atoms with E-state index in [1.165, 1.54) is 53.2 Å². The molecule has 2 heterocycles. The van der Waals surface area contributed by atoms with Crippen molar-refractivity contribution in [1.29, 1.82) is 0 Å². The molecular formula is C46H29NOS. The zero-order valence-corrected chi connectivity index (χ0v) is 27.3. The molecular weight excluding hydrogens is 615 g/mol. The molecule has 0 aliphatic heterocycles. The maximum Gasteiger partial charge on any atom is 0.137 e. The van der Waals surface area contributed by atoms with E-state index in [0.29, 0.717) is 0 Å². The van der Waals surface area contributed by atoms with Gasteiger partial charge in [-0.2, -0.15) is 0 Å². The van der Waals surface area contributed by atoms with Gasteiger partial charge in [-0.05, 0) is 69.4 Å². The summed E-state index contributed by atoms with van der Waals surface area (Å²) in [4.78, 5) is 2.39. The third-order valence-corrected chi connectivity index (χ3v) is 11.0. The lowest BCUT2D eigenvalue weighted by atomic mass is 9.98. The van der Waals surface area contributed by atoms with Crippen molar-refractivity contribution >= 4 is 81.3 Å². The predicted molar refractivity (Wildman–Crippen MR) is 210 cm³/mol. The molecule has 0 atom stereocenters. The zero-order chi connectivity index (χ0) is 32.3. The lowest BCUT2D eigenvalue weighted by Gasteiger charge is -2.26. The number of thiophene rings is 1. The molecule has 0 N–H and O–H groups in total. The first kappa shape index (κ1) is 27.9. The molecule has 0 saturated carbocycles. The first-order chi connectivity index (χ1) is 24.3. The third kappa shape index (κ3) is 4.55. The smallest absolute Gasteiger partial charge is 0.137 e. The highest BCUT2D eigenvalue weighted by molar-refractivity contribution is 7.27. The molecule has 10 aromatic rings. The molecule has 0 aliphatic rings. The average Bonchev–Trinajstić information content (AvgIpc) is 3.74. The largest absolute Gasteiger partial charge is 0.456 e. The van der Waals surface area contributed by atoms with Crippen molar-refractivity contribution in [3.05, 3.63) is 176 Å². The van der Waals surface area contributed by atoms with Gasteiger partial charge in [0.1, 0.15) is 11.2 Å². The quantitative estimate of drug-likeness (QED) is 0.186. The van der Waals surface area contributed by atoms with E-state index in [4.69, 9.17) is 4.42 Å². The minimum atomic E-state index is 0.881. The van der Waals surface area contributed by atoms with E-state index in [0.717, 1.165) is 39.0 Å². The molecule has 0 radical (unpaired) electrons. The van der Waals surface area contributed by atoms with Crippen molar-refractivity contribution in [3.63, 3.8) is 0 Å². The molecule has 0 fully saturated rings. The number of fused-ring (bicyclic) bond motifs is 7. The number of hydrogen-bond donors (Lipinski definition) is 0. The van der Waals surface area contributed by atoms with E-state index in [9.17, 15) is 0 Å². The van der Waals surface area contributed by atoms with E-state index < -0.39 is 0 Å². The van der Waals surface area contributed by atoms with E-state index in [1.807, 2.05) is 23.5 Å². The van der Waals surface area contributed by atoms with Crippen molar-refractivity contribution in [2.75, 3.05) is 4.90 Å². The second-order valence-electron chi connectivity index (χ2n) is 12.5. The van der Waals surface area contributed by atoms with Gasteiger partial charge in [-0.25, -0.2) is 0 Å². The number of hydrogen-bond acceptors (Lipinski definition) is 3. The van der Waals surface area contributed by atoms with Gasteiger partial charge in [-0.1, -0.05) is 133 Å². The van der Waals surface area contributed by atoms with E-state index in [1.54, 1.807) is 0 Å². The predicted octanol–water partition coefficient (Wildman–Crippen LogP) is 13.9. The molecule has 2 nitrogen and oxygen atoms in total. The van der Waals surface area contributed by atoms with Gasteiger partial charge in [0, 0.05) is 43.7 Å². The highest BCUT2D eigenvalue weighted by atomic mass is 32.1. The molecule has 10 rings (SSSR count). The van der Waals surface area contributed by atoms with Crippen LogP contribution in [0.25, 0.3) is 75.1 Å². The molecule has 0 bridgehead atoms. The number of nitrogens with zero attached hydrogens (tertiary/aromatic N) is 1. The summed E-state index contributed by atoms with van der Waals surface area (Å²) in [6.07, 6.45) is 0. The fraction of sp³-hybridized carbons (Fsp3) is 0. The lowest BCUT2D eigenvalue weighted by molar-refractivity contribution is 0.669. The summed E-state index contributed by atoms with van der Waals surface area (Å²) in [5, 5.41) is 7.30. The Balaban J connectivity index is 1.19. The number of rotatable bonds is 5. The van der Waals surface area contributed by atoms with Crippen LogP contribution in [-0.2, 0) is 0 Å². The van der Waals surface area contributed by atoms with Crippen molar-refractivity contribution in [3.8, 4) is 22.3 Å². The highest BCUT2D eigenvalue weighted by Crippen LogP contribution is 2.48. The minimum Gasteiger partial charge on any atom is -0.456 e. The summed E-state index contributed by atoms with van der Waals surface area (Å²) < 4.78 is 8.96. The third-order valence-electron chi connectivity index (χ3n) is 9.68. The van der Waals surface area contributed by atoms with Crippen LogP contribution in [0.2, 0.25) is 0 Å². The van der Waals surface area contributed by atoms with E-state index in [-0.39, 0.29) is 0 Å². The second-order valence-corrected chi connectivity index (χ2v) is 13.5. The summed E-state index contributed by atoms with van der Waals surface area (Å²) in [5.41, 5.74) is 10.0. The molecule has 230 valence electrons. The second kappa shape index (κ2) is 11.2. The van der Waals surface area contributed by atoms with Crippen molar-refractivity contribution in [2.45, 2.75) is 0 Å². The molecule has 0 unspecified atom stereocenters. The Bertz CT molecular complexity index is 2820. The van der Waals surface area contributed by atoms with Crippen LogP contribution in [0.5, 0.6) is 0 Å². The van der Waals surface area contributed by atoms with Crippen LogP contribution >= 0.6 is 11.3 Å². The average molecular weight is 644 g/mol. The van der Waals surface area contributed by atoms with E-state index >= 15 is 0 Å². The van der Waals surface area contributed by atoms with Gasteiger partial charge < -0.3 is 9.32 Å². The topological polar surface area (TPSA) is 16.4 Å². The first-order valence-corrected chi connectivity index (χ1v) is 17.4. The van der Waals surface area contributed by atoms with Crippen molar-refractivity contribution < 1.29 is 4.42 Å². The fourth-order valence-electron chi connectivity index (χ4n) is 7.37. The SMILES string of the molecule is c1ccc(-c2cccc3c2sc2c(N(c4ccc(-c5cccc6ccccc56)cc4)c4ccc5c(c4)oc4ccccc45)cccc23)cc1. The fourth-order valence-corrected chi connectivity index (χ4v) is 8.71. The zero-order valence-electron chi connectivity index (χ0n) is 26.5. The Kier molecular flexibility index (Phi) is 6.39. The molecule has 49 heavy (non-hydrogen) atoms. The van der Waals surface area contributed by atoms with Crippen LogP contribution in [0, 0.1) is 0 Å². The number of anilines is 3. The van der Waals surface area contributed by atoms with Gasteiger partial charge in [0.15, 0.2) is 0 Å². The Labute approximate surface area is 287 Å². The van der Waals surface area contributed by atoms with Crippen LogP contribution in [0.4, 0.5) is 17.1 Å². The minimum absolute atomic E-state index is 0.881. The lowest BCUT2D eigenvalue weighted by Crippen LogP contribution is -2.10. The highest BCUT2D eigenvalue weighted by Gasteiger charge is 2.21. The van der Waals surface area contributed by atoms with Crippen LogP contribution in [-0.4, -0.2) is 0 Å². The monoisotopic (exact) mass is 643 g/mol. The van der Waals surface area contributed by atoms with Gasteiger partial charge in [-0.3, -0.25) is 0 Å². The van der Waals surface area contributed by atoms with Crippen LogP contribution < -0.4 is 4.90 Å². The molecule has 3 heteroatoms. The summed E-state index contributed by atoms with van der Waals surface area (Å²) in [6.45, 7) is 0. The first-order valence-electron chi connectivity index (χ1n) is 16.6. The Morgan fingerprint density at radius 2 is 1.00 bits per heavy atom.